The lowest BCUT2D eigenvalue weighted by Gasteiger charge is -1.99. The van der Waals surface area contributed by atoms with Crippen LogP contribution < -0.4 is 5.63 Å². The van der Waals surface area contributed by atoms with E-state index >= 15 is 0 Å². The predicted molar refractivity (Wildman–Crippen MR) is 97.9 cm³/mol. The van der Waals surface area contributed by atoms with E-state index in [-0.39, 0.29) is 28.2 Å². The molecule has 2 aromatic heterocycles. The molecule has 0 saturated heterocycles. The third-order valence-electron chi connectivity index (χ3n) is 4.06. The highest BCUT2D eigenvalue weighted by Crippen LogP contribution is 2.35. The van der Waals surface area contributed by atoms with Gasteiger partial charge in [-0.05, 0) is 18.2 Å². The Labute approximate surface area is 154 Å². The number of nitro benzene ring substituents is 1. The maximum Gasteiger partial charge on any atom is 0.349 e. The standard InChI is InChI=1S/C18H10N4O6/c23-16(21-20-15-11-3-1-2-4-13(11)19-17(15)24)12-8-9-7-10(22(26)27)5-6-14(9)28-18(12)25/h1-8,19,24H. The van der Waals surface area contributed by atoms with Crippen LogP contribution in [0.4, 0.5) is 11.4 Å². The number of nitrogens with zero attached hydrogens (tertiary/aromatic N) is 3. The number of azo groups is 1. The summed E-state index contributed by atoms with van der Waals surface area (Å²) in [4.78, 5) is 37.4. The van der Waals surface area contributed by atoms with Crippen LogP contribution in [0.5, 0.6) is 5.88 Å². The number of benzene rings is 2. The van der Waals surface area contributed by atoms with Gasteiger partial charge in [0.15, 0.2) is 5.69 Å². The van der Waals surface area contributed by atoms with Gasteiger partial charge in [-0.1, -0.05) is 18.2 Å². The van der Waals surface area contributed by atoms with Gasteiger partial charge in [0.25, 0.3) is 5.69 Å². The van der Waals surface area contributed by atoms with Gasteiger partial charge in [-0.3, -0.25) is 14.9 Å². The molecule has 0 fully saturated rings. The van der Waals surface area contributed by atoms with Gasteiger partial charge in [0, 0.05) is 22.9 Å². The molecular formula is C18H10N4O6. The number of carbonyl (C=O) groups is 1. The summed E-state index contributed by atoms with van der Waals surface area (Å²) in [7, 11) is 0. The van der Waals surface area contributed by atoms with Crippen LogP contribution >= 0.6 is 0 Å². The maximum absolute atomic E-state index is 12.3. The van der Waals surface area contributed by atoms with Crippen LogP contribution in [0.2, 0.25) is 0 Å². The molecule has 10 heteroatoms. The third-order valence-corrected chi connectivity index (χ3v) is 4.06. The molecule has 0 aliphatic heterocycles. The van der Waals surface area contributed by atoms with Crippen molar-refractivity contribution in [2.24, 2.45) is 10.2 Å². The van der Waals surface area contributed by atoms with Crippen LogP contribution in [0.15, 0.2) is 68.0 Å². The minimum atomic E-state index is -1.01. The van der Waals surface area contributed by atoms with Gasteiger partial charge in [0.1, 0.15) is 11.1 Å². The van der Waals surface area contributed by atoms with Crippen molar-refractivity contribution in [3.8, 4) is 5.88 Å². The highest BCUT2D eigenvalue weighted by atomic mass is 16.6. The number of fused-ring (bicyclic) bond motifs is 2. The van der Waals surface area contributed by atoms with E-state index in [1.807, 2.05) is 0 Å². The van der Waals surface area contributed by atoms with Crippen molar-refractivity contribution in [1.82, 2.24) is 4.98 Å². The van der Waals surface area contributed by atoms with Gasteiger partial charge in [0.05, 0.1) is 10.4 Å². The lowest BCUT2D eigenvalue weighted by molar-refractivity contribution is -0.384. The minimum Gasteiger partial charge on any atom is -0.493 e. The number of H-pyrrole nitrogens is 1. The maximum atomic E-state index is 12.3. The number of rotatable bonds is 3. The fourth-order valence-corrected chi connectivity index (χ4v) is 2.74. The van der Waals surface area contributed by atoms with Crippen molar-refractivity contribution >= 4 is 39.2 Å². The molecule has 28 heavy (non-hydrogen) atoms. The summed E-state index contributed by atoms with van der Waals surface area (Å²) in [6, 6.07) is 11.7. The number of nitro groups is 1. The molecular weight excluding hydrogens is 368 g/mol. The number of hydrogen-bond donors (Lipinski definition) is 2. The van der Waals surface area contributed by atoms with Gasteiger partial charge in [-0.25, -0.2) is 4.79 Å². The molecule has 0 unspecified atom stereocenters. The Kier molecular flexibility index (Phi) is 3.93. The number of aromatic hydroxyl groups is 1. The van der Waals surface area contributed by atoms with Crippen LogP contribution in [0.1, 0.15) is 10.4 Å². The predicted octanol–water partition coefficient (Wildman–Crippen LogP) is 3.81. The van der Waals surface area contributed by atoms with Gasteiger partial charge in [0.2, 0.25) is 5.88 Å². The van der Waals surface area contributed by atoms with Crippen molar-refractivity contribution in [2.75, 3.05) is 0 Å². The van der Waals surface area contributed by atoms with E-state index in [0.717, 1.165) is 6.07 Å². The van der Waals surface area contributed by atoms with E-state index in [1.165, 1.54) is 18.2 Å². The molecule has 2 N–H and O–H groups in total. The van der Waals surface area contributed by atoms with E-state index in [0.29, 0.717) is 10.9 Å². The van der Waals surface area contributed by atoms with E-state index in [1.54, 1.807) is 24.3 Å². The average Bonchev–Trinajstić information content (AvgIpc) is 3.00. The number of hydrogen-bond acceptors (Lipinski definition) is 7. The third kappa shape index (κ3) is 2.88. The van der Waals surface area contributed by atoms with Crippen LogP contribution in [0.25, 0.3) is 21.9 Å². The normalized spacial score (nSPS) is 11.4. The van der Waals surface area contributed by atoms with Crippen molar-refractivity contribution in [1.29, 1.82) is 0 Å². The van der Waals surface area contributed by atoms with Gasteiger partial charge in [-0.15, -0.1) is 10.2 Å². The van der Waals surface area contributed by atoms with Crippen molar-refractivity contribution in [2.45, 2.75) is 0 Å². The molecule has 0 atom stereocenters. The van der Waals surface area contributed by atoms with E-state index in [9.17, 15) is 24.8 Å². The fourth-order valence-electron chi connectivity index (χ4n) is 2.74. The topological polar surface area (TPSA) is 151 Å². The monoisotopic (exact) mass is 378 g/mol. The Hall–Kier alpha value is -4.34. The van der Waals surface area contributed by atoms with E-state index in [2.05, 4.69) is 15.2 Å². The summed E-state index contributed by atoms with van der Waals surface area (Å²) < 4.78 is 5.02. The second kappa shape index (κ2) is 6.43. The number of non-ortho nitro benzene ring substituents is 1. The van der Waals surface area contributed by atoms with Gasteiger partial charge >= 0.3 is 11.5 Å². The minimum absolute atomic E-state index is 0.0461. The number of aromatic nitrogens is 1. The van der Waals surface area contributed by atoms with Crippen LogP contribution in [0, 0.1) is 10.1 Å². The Balaban J connectivity index is 1.74. The summed E-state index contributed by atoms with van der Waals surface area (Å²) in [6.07, 6.45) is 0. The number of para-hydroxylation sites is 1. The number of nitrogens with one attached hydrogen (secondary N) is 1. The number of aromatic amines is 1. The van der Waals surface area contributed by atoms with Crippen LogP contribution in [0.3, 0.4) is 0 Å². The molecule has 0 aliphatic carbocycles. The SMILES string of the molecule is O=C(N=Nc1c(O)[nH]c2ccccc12)c1cc2cc([N+](=O)[O-])ccc2oc1=O. The molecule has 0 radical (unpaired) electrons. The molecule has 2 heterocycles. The van der Waals surface area contributed by atoms with Crippen molar-refractivity contribution in [3.05, 3.63) is 74.6 Å². The smallest absolute Gasteiger partial charge is 0.349 e. The molecule has 1 amide bonds. The first-order valence-corrected chi connectivity index (χ1v) is 7.92. The summed E-state index contributed by atoms with van der Waals surface area (Å²) >= 11 is 0. The molecule has 0 bridgehead atoms. The number of carbonyl (C=O) groups excluding carboxylic acids is 1. The second-order valence-electron chi connectivity index (χ2n) is 5.80. The second-order valence-corrected chi connectivity index (χ2v) is 5.80. The summed E-state index contributed by atoms with van der Waals surface area (Å²) in [5.41, 5.74) is -0.864. The highest BCUT2D eigenvalue weighted by Gasteiger charge is 2.16. The molecule has 138 valence electrons. The molecule has 0 spiro atoms. The molecule has 4 aromatic rings. The zero-order valence-corrected chi connectivity index (χ0v) is 13.9. The summed E-state index contributed by atoms with van der Waals surface area (Å²) in [5.74, 6) is -1.29. The first-order chi connectivity index (χ1) is 13.4. The summed E-state index contributed by atoms with van der Waals surface area (Å²) in [5, 5.41) is 28.8. The molecule has 0 aliphatic rings. The average molecular weight is 378 g/mol. The summed E-state index contributed by atoms with van der Waals surface area (Å²) in [6.45, 7) is 0. The zero-order chi connectivity index (χ0) is 19.8. The first kappa shape index (κ1) is 17.1. The Morgan fingerprint density at radius 3 is 2.75 bits per heavy atom. The molecule has 10 nitrogen and oxygen atoms in total. The Morgan fingerprint density at radius 1 is 1.18 bits per heavy atom. The molecule has 2 aromatic carbocycles. The fraction of sp³-hybridized carbons (Fsp3) is 0. The van der Waals surface area contributed by atoms with Crippen molar-refractivity contribution in [3.63, 3.8) is 0 Å². The van der Waals surface area contributed by atoms with Crippen LogP contribution in [-0.2, 0) is 0 Å². The molecule has 0 saturated carbocycles. The first-order valence-electron chi connectivity index (χ1n) is 7.92. The number of amides is 1. The lowest BCUT2D eigenvalue weighted by Crippen LogP contribution is -2.11. The van der Waals surface area contributed by atoms with Gasteiger partial charge in [-0.2, -0.15) is 0 Å². The molecule has 4 rings (SSSR count). The van der Waals surface area contributed by atoms with Gasteiger partial charge < -0.3 is 14.5 Å². The quantitative estimate of drug-likeness (QED) is 0.239. The van der Waals surface area contributed by atoms with E-state index in [4.69, 9.17) is 4.42 Å². The Bertz CT molecular complexity index is 1350. The highest BCUT2D eigenvalue weighted by molar-refractivity contribution is 5.98. The largest absolute Gasteiger partial charge is 0.493 e. The van der Waals surface area contributed by atoms with E-state index < -0.39 is 22.0 Å². The van der Waals surface area contributed by atoms with Crippen molar-refractivity contribution < 1.29 is 19.2 Å². The Morgan fingerprint density at radius 2 is 1.96 bits per heavy atom. The van der Waals surface area contributed by atoms with Crippen LogP contribution in [-0.4, -0.2) is 20.9 Å². The lowest BCUT2D eigenvalue weighted by atomic mass is 10.1. The zero-order valence-electron chi connectivity index (χ0n) is 13.9.